The van der Waals surface area contributed by atoms with Crippen LogP contribution < -0.4 is 5.32 Å². The molecule has 17 heavy (non-hydrogen) atoms. The second-order valence-electron chi connectivity index (χ2n) is 3.81. The highest BCUT2D eigenvalue weighted by Gasteiger charge is 2.06. The van der Waals surface area contributed by atoms with Crippen molar-refractivity contribution in [1.82, 2.24) is 4.98 Å². The molecule has 3 rings (SSSR count). The standard InChI is InChI=1S/C14H12N2S/c1-15-14-16-13(9-17-14)12-8-4-6-10-5-2-3-7-11(10)12/h2-9H,1H3,(H,15,16). The van der Waals surface area contributed by atoms with E-state index in [0.29, 0.717) is 0 Å². The van der Waals surface area contributed by atoms with Crippen LogP contribution >= 0.6 is 11.3 Å². The number of aromatic nitrogens is 1. The average Bonchev–Trinajstić information content (AvgIpc) is 2.87. The Balaban J connectivity index is 2.23. The van der Waals surface area contributed by atoms with Gasteiger partial charge in [-0.05, 0) is 10.8 Å². The molecule has 0 saturated carbocycles. The first-order chi connectivity index (χ1) is 8.38. The van der Waals surface area contributed by atoms with Crippen LogP contribution in [0.15, 0.2) is 47.8 Å². The average molecular weight is 240 g/mol. The highest BCUT2D eigenvalue weighted by Crippen LogP contribution is 2.30. The molecule has 0 unspecified atom stereocenters. The van der Waals surface area contributed by atoms with Gasteiger partial charge in [0.25, 0.3) is 0 Å². The molecule has 0 amide bonds. The third-order valence-electron chi connectivity index (χ3n) is 2.78. The van der Waals surface area contributed by atoms with Gasteiger partial charge in [0.1, 0.15) is 0 Å². The van der Waals surface area contributed by atoms with Crippen LogP contribution in [0.5, 0.6) is 0 Å². The van der Waals surface area contributed by atoms with Crippen LogP contribution in [-0.4, -0.2) is 12.0 Å². The van der Waals surface area contributed by atoms with Crippen molar-refractivity contribution in [3.63, 3.8) is 0 Å². The molecule has 1 heterocycles. The monoisotopic (exact) mass is 240 g/mol. The van der Waals surface area contributed by atoms with Gasteiger partial charge in [0.05, 0.1) is 5.69 Å². The molecule has 0 bridgehead atoms. The predicted molar refractivity (Wildman–Crippen MR) is 74.6 cm³/mol. The maximum Gasteiger partial charge on any atom is 0.182 e. The number of hydrogen-bond donors (Lipinski definition) is 1. The quantitative estimate of drug-likeness (QED) is 0.732. The highest BCUT2D eigenvalue weighted by molar-refractivity contribution is 7.14. The van der Waals surface area contributed by atoms with Crippen LogP contribution in [0.2, 0.25) is 0 Å². The van der Waals surface area contributed by atoms with Crippen molar-refractivity contribution >= 4 is 27.2 Å². The molecule has 1 N–H and O–H groups in total. The van der Waals surface area contributed by atoms with Crippen LogP contribution in [-0.2, 0) is 0 Å². The molecule has 0 aliphatic heterocycles. The summed E-state index contributed by atoms with van der Waals surface area (Å²) in [5, 5.41) is 8.62. The summed E-state index contributed by atoms with van der Waals surface area (Å²) in [6, 6.07) is 14.7. The Hall–Kier alpha value is -1.87. The van der Waals surface area contributed by atoms with E-state index in [-0.39, 0.29) is 0 Å². The molecule has 0 fully saturated rings. The van der Waals surface area contributed by atoms with Crippen molar-refractivity contribution in [3.8, 4) is 11.3 Å². The SMILES string of the molecule is CNc1nc(-c2cccc3ccccc23)cs1. The minimum Gasteiger partial charge on any atom is -0.365 e. The van der Waals surface area contributed by atoms with E-state index in [0.717, 1.165) is 10.8 Å². The smallest absolute Gasteiger partial charge is 0.182 e. The summed E-state index contributed by atoms with van der Waals surface area (Å²) in [5.41, 5.74) is 2.23. The van der Waals surface area contributed by atoms with Gasteiger partial charge in [-0.2, -0.15) is 0 Å². The number of fused-ring (bicyclic) bond motifs is 1. The van der Waals surface area contributed by atoms with E-state index in [4.69, 9.17) is 0 Å². The second-order valence-corrected chi connectivity index (χ2v) is 4.67. The molecule has 0 saturated heterocycles. The molecule has 84 valence electrons. The number of thiazole rings is 1. The van der Waals surface area contributed by atoms with Crippen molar-refractivity contribution in [1.29, 1.82) is 0 Å². The molecule has 0 radical (unpaired) electrons. The van der Waals surface area contributed by atoms with E-state index in [1.807, 2.05) is 7.05 Å². The second kappa shape index (κ2) is 4.18. The third-order valence-corrected chi connectivity index (χ3v) is 3.64. The number of hydrogen-bond acceptors (Lipinski definition) is 3. The first kappa shape index (κ1) is 10.3. The summed E-state index contributed by atoms with van der Waals surface area (Å²) in [5.74, 6) is 0. The third kappa shape index (κ3) is 1.78. The molecule has 0 atom stereocenters. The number of nitrogens with one attached hydrogen (secondary N) is 1. The van der Waals surface area contributed by atoms with E-state index < -0.39 is 0 Å². The molecule has 0 aliphatic rings. The minimum absolute atomic E-state index is 0.952. The van der Waals surface area contributed by atoms with Gasteiger partial charge in [-0.1, -0.05) is 42.5 Å². The number of nitrogens with zero attached hydrogens (tertiary/aromatic N) is 1. The van der Waals surface area contributed by atoms with Gasteiger partial charge < -0.3 is 5.32 Å². The topological polar surface area (TPSA) is 24.9 Å². The fraction of sp³-hybridized carbons (Fsp3) is 0.0714. The Morgan fingerprint density at radius 2 is 1.88 bits per heavy atom. The maximum absolute atomic E-state index is 4.56. The highest BCUT2D eigenvalue weighted by atomic mass is 32.1. The zero-order valence-corrected chi connectivity index (χ0v) is 10.3. The number of benzene rings is 2. The Kier molecular flexibility index (Phi) is 2.53. The lowest BCUT2D eigenvalue weighted by molar-refractivity contribution is 1.37. The van der Waals surface area contributed by atoms with Crippen LogP contribution in [0.1, 0.15) is 0 Å². The lowest BCUT2D eigenvalue weighted by atomic mass is 10.0. The largest absolute Gasteiger partial charge is 0.365 e. The van der Waals surface area contributed by atoms with Gasteiger partial charge in [0.2, 0.25) is 0 Å². The van der Waals surface area contributed by atoms with Gasteiger partial charge in [-0.15, -0.1) is 11.3 Å². The summed E-state index contributed by atoms with van der Waals surface area (Å²) in [6.07, 6.45) is 0. The van der Waals surface area contributed by atoms with Crippen LogP contribution in [0.4, 0.5) is 5.13 Å². The first-order valence-corrected chi connectivity index (χ1v) is 6.38. The molecule has 1 aromatic heterocycles. The molecule has 3 aromatic rings. The Morgan fingerprint density at radius 3 is 2.71 bits per heavy atom. The zero-order valence-electron chi connectivity index (χ0n) is 9.47. The van der Waals surface area contributed by atoms with Crippen molar-refractivity contribution in [3.05, 3.63) is 47.8 Å². The molecule has 0 spiro atoms. The molecule has 2 nitrogen and oxygen atoms in total. The van der Waals surface area contributed by atoms with Gasteiger partial charge in [-0.3, -0.25) is 0 Å². The number of anilines is 1. The summed E-state index contributed by atoms with van der Waals surface area (Å²) >= 11 is 1.63. The Labute approximate surface area is 104 Å². The Bertz CT molecular complexity index is 653. The van der Waals surface area contributed by atoms with Crippen LogP contribution in [0.3, 0.4) is 0 Å². The summed E-state index contributed by atoms with van der Waals surface area (Å²) in [7, 11) is 1.89. The lowest BCUT2D eigenvalue weighted by Crippen LogP contribution is -1.86. The summed E-state index contributed by atoms with van der Waals surface area (Å²) in [4.78, 5) is 4.56. The minimum atomic E-state index is 0.952. The van der Waals surface area contributed by atoms with Crippen molar-refractivity contribution in [2.45, 2.75) is 0 Å². The Morgan fingerprint density at radius 1 is 1.06 bits per heavy atom. The van der Waals surface area contributed by atoms with Crippen LogP contribution in [0.25, 0.3) is 22.0 Å². The van der Waals surface area contributed by atoms with Gasteiger partial charge >= 0.3 is 0 Å². The van der Waals surface area contributed by atoms with Gasteiger partial charge in [0.15, 0.2) is 5.13 Å². The van der Waals surface area contributed by atoms with E-state index >= 15 is 0 Å². The van der Waals surface area contributed by atoms with Gasteiger partial charge in [-0.25, -0.2) is 4.98 Å². The molecular weight excluding hydrogens is 228 g/mol. The first-order valence-electron chi connectivity index (χ1n) is 5.50. The molecular formula is C14H12N2S. The molecule has 2 aromatic carbocycles. The summed E-state index contributed by atoms with van der Waals surface area (Å²) in [6.45, 7) is 0. The van der Waals surface area contributed by atoms with Crippen molar-refractivity contribution in [2.75, 3.05) is 12.4 Å². The molecule has 3 heteroatoms. The zero-order chi connectivity index (χ0) is 11.7. The molecule has 0 aliphatic carbocycles. The number of rotatable bonds is 2. The van der Waals surface area contributed by atoms with Crippen molar-refractivity contribution < 1.29 is 0 Å². The van der Waals surface area contributed by atoms with Crippen molar-refractivity contribution in [2.24, 2.45) is 0 Å². The van der Waals surface area contributed by atoms with E-state index in [1.54, 1.807) is 11.3 Å². The maximum atomic E-state index is 4.56. The normalized spacial score (nSPS) is 10.6. The predicted octanol–water partition coefficient (Wildman–Crippen LogP) is 4.01. The lowest BCUT2D eigenvalue weighted by Gasteiger charge is -2.03. The van der Waals surface area contributed by atoms with E-state index in [1.165, 1.54) is 16.3 Å². The van der Waals surface area contributed by atoms with E-state index in [9.17, 15) is 0 Å². The fourth-order valence-electron chi connectivity index (χ4n) is 1.96. The van der Waals surface area contributed by atoms with Gasteiger partial charge in [0, 0.05) is 18.0 Å². The van der Waals surface area contributed by atoms with E-state index in [2.05, 4.69) is 58.1 Å². The summed E-state index contributed by atoms with van der Waals surface area (Å²) < 4.78 is 0. The van der Waals surface area contributed by atoms with Crippen LogP contribution in [0, 0.1) is 0 Å². The fourth-order valence-corrected chi connectivity index (χ4v) is 2.63.